The number of amides is 1. The van der Waals surface area contributed by atoms with E-state index in [2.05, 4.69) is 10.6 Å². The first-order valence-electron chi connectivity index (χ1n) is 5.99. The minimum absolute atomic E-state index is 0.294. The Kier molecular flexibility index (Phi) is 3.54. The molecule has 0 bridgehead atoms. The molecule has 1 heterocycles. The van der Waals surface area contributed by atoms with E-state index in [9.17, 15) is 4.79 Å². The fraction of sp³-hybridized carbons (Fsp3) is 0.462. The van der Waals surface area contributed by atoms with Crippen molar-refractivity contribution >= 4 is 11.6 Å². The lowest BCUT2D eigenvalue weighted by atomic mass is 10.0. The van der Waals surface area contributed by atoms with E-state index in [0.29, 0.717) is 5.56 Å². The van der Waals surface area contributed by atoms with Crippen molar-refractivity contribution < 1.29 is 15.0 Å². The molecule has 0 spiro atoms. The zero-order chi connectivity index (χ0) is 13.2. The van der Waals surface area contributed by atoms with Gasteiger partial charge in [-0.3, -0.25) is 4.79 Å². The van der Waals surface area contributed by atoms with Crippen molar-refractivity contribution in [3.8, 4) is 0 Å². The predicted octanol–water partition coefficient (Wildman–Crippen LogP) is 0.128. The summed E-state index contributed by atoms with van der Waals surface area (Å²) in [5, 5.41) is 24.1. The number of anilines is 1. The lowest BCUT2D eigenvalue weighted by Gasteiger charge is -2.26. The summed E-state index contributed by atoms with van der Waals surface area (Å²) in [4.78, 5) is 12.0. The maximum absolute atomic E-state index is 12.0. The molecular formula is C13H18N2O3. The van der Waals surface area contributed by atoms with E-state index in [4.69, 9.17) is 10.2 Å². The summed E-state index contributed by atoms with van der Waals surface area (Å²) in [6.45, 7) is 1.87. The molecule has 5 heteroatoms. The molecule has 0 fully saturated rings. The fourth-order valence-corrected chi connectivity index (χ4v) is 1.91. The second kappa shape index (κ2) is 4.96. The number of nitrogens with one attached hydrogen (secondary N) is 2. The van der Waals surface area contributed by atoms with Crippen LogP contribution >= 0.6 is 0 Å². The second-order valence-electron chi connectivity index (χ2n) is 4.88. The number of fused-ring (bicyclic) bond motifs is 1. The van der Waals surface area contributed by atoms with Gasteiger partial charge in [0.05, 0.1) is 18.8 Å². The molecule has 1 aliphatic heterocycles. The molecule has 0 saturated carbocycles. The van der Waals surface area contributed by atoms with Crippen LogP contribution in [0.25, 0.3) is 0 Å². The van der Waals surface area contributed by atoms with Gasteiger partial charge in [0.15, 0.2) is 0 Å². The third kappa shape index (κ3) is 2.47. The molecule has 0 aromatic heterocycles. The molecule has 2 rings (SSSR count). The molecule has 0 aliphatic carbocycles. The average molecular weight is 250 g/mol. The number of aliphatic hydroxyl groups excluding tert-OH is 2. The molecule has 0 saturated heterocycles. The lowest BCUT2D eigenvalue weighted by Crippen LogP contribution is -2.51. The van der Waals surface area contributed by atoms with Crippen LogP contribution in [-0.4, -0.2) is 41.4 Å². The molecule has 1 aliphatic rings. The molecule has 0 unspecified atom stereocenters. The van der Waals surface area contributed by atoms with E-state index in [1.54, 1.807) is 19.1 Å². The number of hydrogen-bond acceptors (Lipinski definition) is 4. The van der Waals surface area contributed by atoms with Gasteiger partial charge in [0.25, 0.3) is 5.91 Å². The van der Waals surface area contributed by atoms with Crippen LogP contribution in [-0.2, 0) is 6.42 Å². The minimum Gasteiger partial charge on any atom is -0.394 e. The Hall–Kier alpha value is -1.59. The number of carbonyl (C=O) groups excluding carboxylic acids is 1. The number of rotatable bonds is 4. The molecule has 18 heavy (non-hydrogen) atoms. The Balaban J connectivity index is 2.14. The van der Waals surface area contributed by atoms with Gasteiger partial charge in [0, 0.05) is 17.8 Å². The number of benzene rings is 1. The highest BCUT2D eigenvalue weighted by Crippen LogP contribution is 2.23. The summed E-state index contributed by atoms with van der Waals surface area (Å²) in [5.74, 6) is -0.294. The first kappa shape index (κ1) is 12.9. The Morgan fingerprint density at radius 2 is 2.17 bits per heavy atom. The first-order chi connectivity index (χ1) is 8.58. The van der Waals surface area contributed by atoms with Crippen molar-refractivity contribution in [2.45, 2.75) is 18.9 Å². The summed E-state index contributed by atoms with van der Waals surface area (Å²) >= 11 is 0. The summed E-state index contributed by atoms with van der Waals surface area (Å²) in [6.07, 6.45) is 0.974. The third-order valence-electron chi connectivity index (χ3n) is 3.20. The Morgan fingerprint density at radius 1 is 1.44 bits per heavy atom. The van der Waals surface area contributed by atoms with Gasteiger partial charge in [-0.05, 0) is 31.0 Å². The summed E-state index contributed by atoms with van der Waals surface area (Å²) in [5.41, 5.74) is 1.72. The van der Waals surface area contributed by atoms with Crippen molar-refractivity contribution in [1.29, 1.82) is 0 Å². The molecule has 5 nitrogen and oxygen atoms in total. The van der Waals surface area contributed by atoms with Crippen LogP contribution in [0.4, 0.5) is 5.69 Å². The van der Waals surface area contributed by atoms with Crippen molar-refractivity contribution in [3.05, 3.63) is 29.3 Å². The van der Waals surface area contributed by atoms with Gasteiger partial charge in [-0.1, -0.05) is 6.07 Å². The zero-order valence-electron chi connectivity index (χ0n) is 10.4. The zero-order valence-corrected chi connectivity index (χ0v) is 10.4. The van der Waals surface area contributed by atoms with Crippen LogP contribution in [0.15, 0.2) is 18.2 Å². The number of aliphatic hydroxyl groups is 2. The molecule has 0 radical (unpaired) electrons. The van der Waals surface area contributed by atoms with E-state index < -0.39 is 5.54 Å². The molecular weight excluding hydrogens is 232 g/mol. The maximum atomic E-state index is 12.0. The molecule has 4 N–H and O–H groups in total. The van der Waals surface area contributed by atoms with Gasteiger partial charge in [0.2, 0.25) is 0 Å². The highest BCUT2D eigenvalue weighted by molar-refractivity contribution is 5.96. The number of carbonyl (C=O) groups is 1. The molecule has 1 aromatic rings. The monoisotopic (exact) mass is 250 g/mol. The van der Waals surface area contributed by atoms with Crippen LogP contribution in [0.5, 0.6) is 0 Å². The van der Waals surface area contributed by atoms with Crippen LogP contribution in [0.1, 0.15) is 22.8 Å². The SMILES string of the molecule is CC(CO)(CO)NC(=O)c1ccc2c(c1)NCC2. The average Bonchev–Trinajstić information content (AvgIpc) is 2.85. The summed E-state index contributed by atoms with van der Waals surface area (Å²) < 4.78 is 0. The van der Waals surface area contributed by atoms with Gasteiger partial charge in [0.1, 0.15) is 0 Å². The molecule has 1 aromatic carbocycles. The topological polar surface area (TPSA) is 81.6 Å². The van der Waals surface area contributed by atoms with Crippen LogP contribution < -0.4 is 10.6 Å². The van der Waals surface area contributed by atoms with E-state index in [1.807, 2.05) is 6.07 Å². The third-order valence-corrected chi connectivity index (χ3v) is 3.20. The fourth-order valence-electron chi connectivity index (χ4n) is 1.91. The van der Waals surface area contributed by atoms with Crippen LogP contribution in [0.3, 0.4) is 0 Å². The van der Waals surface area contributed by atoms with Crippen LogP contribution in [0.2, 0.25) is 0 Å². The van der Waals surface area contributed by atoms with Crippen molar-refractivity contribution in [1.82, 2.24) is 5.32 Å². The highest BCUT2D eigenvalue weighted by Gasteiger charge is 2.25. The van der Waals surface area contributed by atoms with E-state index in [0.717, 1.165) is 18.7 Å². The molecule has 0 atom stereocenters. The highest BCUT2D eigenvalue weighted by atomic mass is 16.3. The predicted molar refractivity (Wildman–Crippen MR) is 68.7 cm³/mol. The van der Waals surface area contributed by atoms with Crippen molar-refractivity contribution in [3.63, 3.8) is 0 Å². The van der Waals surface area contributed by atoms with Crippen molar-refractivity contribution in [2.24, 2.45) is 0 Å². The lowest BCUT2D eigenvalue weighted by molar-refractivity contribution is 0.0724. The Labute approximate surface area is 106 Å². The summed E-state index contributed by atoms with van der Waals surface area (Å²) in [7, 11) is 0. The smallest absolute Gasteiger partial charge is 0.251 e. The van der Waals surface area contributed by atoms with E-state index >= 15 is 0 Å². The van der Waals surface area contributed by atoms with Gasteiger partial charge in [-0.25, -0.2) is 0 Å². The summed E-state index contributed by atoms with van der Waals surface area (Å²) in [6, 6.07) is 5.49. The largest absolute Gasteiger partial charge is 0.394 e. The maximum Gasteiger partial charge on any atom is 0.251 e. The van der Waals surface area contributed by atoms with E-state index in [1.165, 1.54) is 5.56 Å². The van der Waals surface area contributed by atoms with E-state index in [-0.39, 0.29) is 19.1 Å². The standard InChI is InChI=1S/C13H18N2O3/c1-13(7-16,8-17)15-12(18)10-3-2-9-4-5-14-11(9)6-10/h2-3,6,14,16-17H,4-5,7-8H2,1H3,(H,15,18). The van der Waals surface area contributed by atoms with Gasteiger partial charge in [-0.2, -0.15) is 0 Å². The van der Waals surface area contributed by atoms with Crippen LogP contribution in [0, 0.1) is 0 Å². The Morgan fingerprint density at radius 3 is 2.83 bits per heavy atom. The second-order valence-corrected chi connectivity index (χ2v) is 4.88. The Bertz CT molecular complexity index is 456. The normalized spacial score (nSPS) is 13.9. The molecule has 98 valence electrons. The minimum atomic E-state index is -0.997. The quantitative estimate of drug-likeness (QED) is 0.612. The van der Waals surface area contributed by atoms with Gasteiger partial charge in [-0.15, -0.1) is 0 Å². The van der Waals surface area contributed by atoms with Crippen molar-refractivity contribution in [2.75, 3.05) is 25.1 Å². The molecule has 1 amide bonds. The van der Waals surface area contributed by atoms with Gasteiger partial charge >= 0.3 is 0 Å². The first-order valence-corrected chi connectivity index (χ1v) is 5.99. The van der Waals surface area contributed by atoms with Gasteiger partial charge < -0.3 is 20.8 Å². The number of hydrogen-bond donors (Lipinski definition) is 4.